The largest absolute Gasteiger partial charge is 0.457 e. The Morgan fingerprint density at radius 2 is 1.83 bits per heavy atom. The van der Waals surface area contributed by atoms with Gasteiger partial charge in [-0.05, 0) is 67.6 Å². The van der Waals surface area contributed by atoms with E-state index in [1.807, 2.05) is 44.2 Å². The van der Waals surface area contributed by atoms with Crippen molar-refractivity contribution in [2.75, 3.05) is 0 Å². The van der Waals surface area contributed by atoms with Crippen LogP contribution in [-0.4, -0.2) is 10.2 Å². The van der Waals surface area contributed by atoms with Gasteiger partial charge in [0.05, 0.1) is 16.9 Å². The lowest BCUT2D eigenvalue weighted by molar-refractivity contribution is 0.476. The molecule has 0 bridgehead atoms. The maximum atomic E-state index is 7.77. The number of aromatic amines is 1. The summed E-state index contributed by atoms with van der Waals surface area (Å²) in [5.41, 5.74) is 12.3. The van der Waals surface area contributed by atoms with Crippen LogP contribution in [0.25, 0.3) is 10.9 Å². The fourth-order valence-corrected chi connectivity index (χ4v) is 2.88. The van der Waals surface area contributed by atoms with Crippen molar-refractivity contribution in [1.29, 1.82) is 0 Å². The summed E-state index contributed by atoms with van der Waals surface area (Å²) >= 11 is 0. The highest BCUT2D eigenvalue weighted by atomic mass is 16.5. The predicted octanol–water partition coefficient (Wildman–Crippen LogP) is 5.08. The Morgan fingerprint density at radius 3 is 2.48 bits per heavy atom. The van der Waals surface area contributed by atoms with Crippen LogP contribution in [0.3, 0.4) is 0 Å². The maximum absolute atomic E-state index is 7.77. The zero-order valence-electron chi connectivity index (χ0n) is 14.0. The first kappa shape index (κ1) is 15.4. The zero-order chi connectivity index (χ0) is 16.6. The number of rotatable bonds is 4. The van der Waals surface area contributed by atoms with Gasteiger partial charge >= 0.3 is 0 Å². The average molecular weight is 308 g/mol. The summed E-state index contributed by atoms with van der Waals surface area (Å²) in [6.45, 7) is 8.33. The zero-order valence-corrected chi connectivity index (χ0v) is 14.0. The van der Waals surface area contributed by atoms with Crippen molar-refractivity contribution in [2.24, 2.45) is 5.92 Å². The van der Waals surface area contributed by atoms with E-state index in [1.165, 1.54) is 0 Å². The highest BCUT2D eigenvalue weighted by Crippen LogP contribution is 2.33. The van der Waals surface area contributed by atoms with Crippen LogP contribution in [0.1, 0.15) is 30.7 Å². The van der Waals surface area contributed by atoms with Gasteiger partial charge in [-0.25, -0.2) is 0 Å². The first-order valence-electron chi connectivity index (χ1n) is 7.91. The van der Waals surface area contributed by atoms with Crippen molar-refractivity contribution in [1.82, 2.24) is 15.9 Å². The Bertz CT molecular complexity index is 826. The smallest absolute Gasteiger partial charge is 0.133 e. The monoisotopic (exact) mass is 308 g/mol. The van der Waals surface area contributed by atoms with Crippen LogP contribution in [-0.2, 0) is 6.42 Å². The van der Waals surface area contributed by atoms with E-state index in [4.69, 9.17) is 10.5 Å². The molecule has 4 nitrogen and oxygen atoms in total. The van der Waals surface area contributed by atoms with E-state index < -0.39 is 0 Å². The molecule has 1 heterocycles. The minimum atomic E-state index is 0.511. The summed E-state index contributed by atoms with van der Waals surface area (Å²) in [6, 6.07) is 9.65. The first-order valence-corrected chi connectivity index (χ1v) is 7.91. The van der Waals surface area contributed by atoms with E-state index in [0.717, 1.165) is 45.6 Å². The highest BCUT2D eigenvalue weighted by molar-refractivity contribution is 5.83. The number of hydrogen-bond donors (Lipinski definition) is 1. The SMILES string of the molecule is Cc1cc([NH])cc(C)c1Oc1ccc2[nH]nc(CC(C)C)c2c1. The van der Waals surface area contributed by atoms with Gasteiger partial charge < -0.3 is 10.5 Å². The fourth-order valence-electron chi connectivity index (χ4n) is 2.88. The van der Waals surface area contributed by atoms with Gasteiger partial charge in [-0.3, -0.25) is 5.10 Å². The Balaban J connectivity index is 1.98. The van der Waals surface area contributed by atoms with Crippen molar-refractivity contribution in [2.45, 2.75) is 34.1 Å². The van der Waals surface area contributed by atoms with E-state index in [1.54, 1.807) is 0 Å². The van der Waals surface area contributed by atoms with Gasteiger partial charge in [0.1, 0.15) is 11.5 Å². The Hall–Kier alpha value is -2.49. The molecule has 3 aromatic rings. The molecule has 3 rings (SSSR count). The van der Waals surface area contributed by atoms with Crippen LogP contribution in [0.5, 0.6) is 11.5 Å². The van der Waals surface area contributed by atoms with Gasteiger partial charge in [0.2, 0.25) is 0 Å². The van der Waals surface area contributed by atoms with Crippen LogP contribution < -0.4 is 10.5 Å². The van der Waals surface area contributed by atoms with Crippen LogP contribution in [0.2, 0.25) is 0 Å². The molecule has 0 aliphatic rings. The van der Waals surface area contributed by atoms with Crippen molar-refractivity contribution >= 4 is 16.6 Å². The molecule has 23 heavy (non-hydrogen) atoms. The van der Waals surface area contributed by atoms with Gasteiger partial charge in [0.25, 0.3) is 0 Å². The summed E-state index contributed by atoms with van der Waals surface area (Å²) < 4.78 is 6.11. The van der Waals surface area contributed by atoms with E-state index in [9.17, 15) is 0 Å². The summed E-state index contributed by atoms with van der Waals surface area (Å²) in [6.07, 6.45) is 0.940. The molecule has 4 heteroatoms. The molecule has 0 aliphatic carbocycles. The lowest BCUT2D eigenvalue weighted by Gasteiger charge is -2.12. The lowest BCUT2D eigenvalue weighted by Crippen LogP contribution is -1.95. The molecule has 119 valence electrons. The number of fused-ring (bicyclic) bond motifs is 1. The first-order chi connectivity index (χ1) is 10.9. The fraction of sp³-hybridized carbons (Fsp3) is 0.316. The summed E-state index contributed by atoms with van der Waals surface area (Å²) in [5.74, 6) is 2.18. The molecule has 0 saturated heterocycles. The number of aryl methyl sites for hydroxylation is 2. The Morgan fingerprint density at radius 1 is 1.13 bits per heavy atom. The number of hydrogen-bond acceptors (Lipinski definition) is 2. The topological polar surface area (TPSA) is 61.7 Å². The number of ether oxygens (including phenoxy) is 1. The van der Waals surface area contributed by atoms with Crippen LogP contribution >= 0.6 is 0 Å². The Labute approximate surface area is 136 Å². The third-order valence-electron chi connectivity index (χ3n) is 3.90. The van der Waals surface area contributed by atoms with Crippen molar-refractivity contribution < 1.29 is 4.74 Å². The van der Waals surface area contributed by atoms with Crippen LogP contribution in [0.15, 0.2) is 30.3 Å². The van der Waals surface area contributed by atoms with Crippen LogP contribution in [0, 0.1) is 19.8 Å². The second kappa shape index (κ2) is 5.95. The Kier molecular flexibility index (Phi) is 3.99. The molecular weight excluding hydrogens is 286 g/mol. The normalized spacial score (nSPS) is 11.3. The quantitative estimate of drug-likeness (QED) is 0.730. The second-order valence-corrected chi connectivity index (χ2v) is 6.52. The molecule has 1 aromatic heterocycles. The number of nitrogens with zero attached hydrogens (tertiary/aromatic N) is 1. The van der Waals surface area contributed by atoms with Gasteiger partial charge in [0.15, 0.2) is 0 Å². The molecule has 0 fully saturated rings. The summed E-state index contributed by atoms with van der Waals surface area (Å²) in [7, 11) is 0. The van der Waals surface area contributed by atoms with E-state index >= 15 is 0 Å². The lowest BCUT2D eigenvalue weighted by atomic mass is 10.0. The molecule has 2 N–H and O–H groups in total. The molecule has 2 aromatic carbocycles. The van der Waals surface area contributed by atoms with Gasteiger partial charge in [-0.1, -0.05) is 13.8 Å². The summed E-state index contributed by atoms with van der Waals surface area (Å²) in [5, 5.41) is 8.62. The predicted molar refractivity (Wildman–Crippen MR) is 93.4 cm³/mol. The molecule has 0 saturated carbocycles. The second-order valence-electron chi connectivity index (χ2n) is 6.52. The number of aromatic nitrogens is 2. The van der Waals surface area contributed by atoms with Crippen molar-refractivity contribution in [3.8, 4) is 11.5 Å². The van der Waals surface area contributed by atoms with Crippen LogP contribution in [0.4, 0.5) is 5.69 Å². The molecule has 0 amide bonds. The number of nitrogens with one attached hydrogen (secondary N) is 2. The molecule has 0 aliphatic heterocycles. The highest BCUT2D eigenvalue weighted by Gasteiger charge is 2.11. The third kappa shape index (κ3) is 3.16. The molecule has 0 atom stereocenters. The van der Waals surface area contributed by atoms with E-state index in [0.29, 0.717) is 11.6 Å². The standard InChI is InChI=1S/C19H22N3O/c1-11(2)7-18-16-10-15(5-6-17(16)21-22-18)23-19-12(3)8-14(20)9-13(19)4/h5-6,8-11,20H,7H2,1-4H3,(H,21,22). The van der Waals surface area contributed by atoms with Gasteiger partial charge in [-0.2, -0.15) is 5.10 Å². The average Bonchev–Trinajstić information content (AvgIpc) is 2.85. The van der Waals surface area contributed by atoms with Gasteiger partial charge in [0, 0.05) is 5.39 Å². The molecule has 0 unspecified atom stereocenters. The summed E-state index contributed by atoms with van der Waals surface area (Å²) in [4.78, 5) is 0. The maximum Gasteiger partial charge on any atom is 0.133 e. The molecule has 1 radical (unpaired) electrons. The number of H-pyrrole nitrogens is 1. The van der Waals surface area contributed by atoms with Crippen molar-refractivity contribution in [3.05, 3.63) is 47.2 Å². The number of benzene rings is 2. The minimum absolute atomic E-state index is 0.511. The molecular formula is C19H22N3O. The molecule has 0 spiro atoms. The van der Waals surface area contributed by atoms with E-state index in [2.05, 4.69) is 24.0 Å². The van der Waals surface area contributed by atoms with E-state index in [-0.39, 0.29) is 0 Å². The third-order valence-corrected chi connectivity index (χ3v) is 3.90. The minimum Gasteiger partial charge on any atom is -0.457 e. The van der Waals surface area contributed by atoms with Gasteiger partial charge in [-0.15, -0.1) is 0 Å². The van der Waals surface area contributed by atoms with Crippen molar-refractivity contribution in [3.63, 3.8) is 0 Å².